The molecule has 0 aromatic rings. The van der Waals surface area contributed by atoms with Gasteiger partial charge in [0, 0.05) is 0 Å². The second kappa shape index (κ2) is 1200. The van der Waals surface area contributed by atoms with Crippen LogP contribution >= 0.6 is 0 Å². The van der Waals surface area contributed by atoms with Gasteiger partial charge in [0.1, 0.15) is 0 Å². The molecule has 0 atom stereocenters. The van der Waals surface area contributed by atoms with Crippen LogP contribution in [0, 0.1) is 0 Å². The molecule has 0 heterocycles. The molecule has 0 saturated carbocycles. The monoisotopic (exact) mass is 342 g/mol. The number of rotatable bonds is 0. The molecule has 102 valence electrons. The summed E-state index contributed by atoms with van der Waals surface area (Å²) in [7, 11) is 0. The second-order valence-electron chi connectivity index (χ2n) is 0. The SMILES string of the molecule is [C-]=O.[C-]=O.[C-]=O.[C-]=O.[C-]=O.[C-]=O.[C-]=O.[C-]=O.[Co+2].[Co+2]. The Bertz CT molecular complexity index is 49.1. The minimum absolute atomic E-state index is 0. The zero-order chi connectivity index (χ0) is 16.0. The maximum atomic E-state index is 7.50. The molecule has 18 heavy (non-hydrogen) atoms. The van der Waals surface area contributed by atoms with Crippen molar-refractivity contribution in [3.63, 3.8) is 0 Å². The summed E-state index contributed by atoms with van der Waals surface area (Å²) in [4.78, 5) is 60.0. The Balaban J connectivity index is -0.00000000500. The summed E-state index contributed by atoms with van der Waals surface area (Å²) < 4.78 is 0. The van der Waals surface area contributed by atoms with Crippen LogP contribution in [0.5, 0.6) is 0 Å². The van der Waals surface area contributed by atoms with E-state index in [9.17, 15) is 0 Å². The van der Waals surface area contributed by atoms with E-state index in [-0.39, 0.29) is 33.6 Å². The molecular weight excluding hydrogens is 342 g/mol. The van der Waals surface area contributed by atoms with E-state index in [2.05, 4.69) is 54.3 Å². The molecule has 0 saturated heterocycles. The third kappa shape index (κ3) is 971. The summed E-state index contributed by atoms with van der Waals surface area (Å²) in [6.07, 6.45) is 0. The first kappa shape index (κ1) is 95.3. The van der Waals surface area contributed by atoms with E-state index in [1.165, 1.54) is 0 Å². The van der Waals surface area contributed by atoms with Gasteiger partial charge in [-0.1, -0.05) is 0 Å². The van der Waals surface area contributed by atoms with Crippen molar-refractivity contribution < 1.29 is 71.9 Å². The third-order valence-corrected chi connectivity index (χ3v) is 0. The molecule has 10 heteroatoms. The molecule has 0 rings (SSSR count). The third-order valence-electron chi connectivity index (χ3n) is 0. The van der Waals surface area contributed by atoms with E-state index in [0.717, 1.165) is 0 Å². The van der Waals surface area contributed by atoms with Crippen LogP contribution in [0.15, 0.2) is 0 Å². The predicted molar refractivity (Wildman–Crippen MR) is 45.5 cm³/mol. The fourth-order valence-corrected chi connectivity index (χ4v) is 0. The van der Waals surface area contributed by atoms with Crippen molar-refractivity contribution in [3.8, 4) is 0 Å². The van der Waals surface area contributed by atoms with Gasteiger partial charge < -0.3 is 92.7 Å². The van der Waals surface area contributed by atoms with Gasteiger partial charge in [0.2, 0.25) is 0 Å². The summed E-state index contributed by atoms with van der Waals surface area (Å²) in [5.41, 5.74) is 0. The minimum Gasteiger partial charge on any atom is -0.573 e. The van der Waals surface area contributed by atoms with Gasteiger partial charge in [0.15, 0.2) is 0 Å². The Morgan fingerprint density at radius 1 is 0.222 bits per heavy atom. The Morgan fingerprint density at radius 3 is 0.222 bits per heavy atom. The van der Waals surface area contributed by atoms with Crippen molar-refractivity contribution in [1.29, 1.82) is 0 Å². The average Bonchev–Trinajstić information content (AvgIpc) is 2.54. The summed E-state index contributed by atoms with van der Waals surface area (Å²) >= 11 is 0. The van der Waals surface area contributed by atoms with Crippen molar-refractivity contribution in [2.24, 2.45) is 0 Å². The van der Waals surface area contributed by atoms with Crippen LogP contribution in [0.1, 0.15) is 0 Å². The normalized spacial score (nSPS) is 1.78. The number of carbonyl (C=O) groups excluding carboxylic acids is 8. The molecule has 0 amide bonds. The van der Waals surface area contributed by atoms with E-state index in [1.807, 2.05) is 0 Å². The zero-order valence-electron chi connectivity index (χ0n) is 7.93. The molecule has 0 aromatic carbocycles. The van der Waals surface area contributed by atoms with Crippen LogP contribution in [0.3, 0.4) is 0 Å². The fraction of sp³-hybridized carbons (Fsp3) is 0. The zero-order valence-corrected chi connectivity index (χ0v) is 10.0. The molecule has 0 aliphatic carbocycles. The smallest absolute Gasteiger partial charge is 0.573 e. The summed E-state index contributed by atoms with van der Waals surface area (Å²) in [6, 6.07) is 0. The van der Waals surface area contributed by atoms with Gasteiger partial charge in [0.25, 0.3) is 0 Å². The van der Waals surface area contributed by atoms with E-state index < -0.39 is 0 Å². The average molecular weight is 342 g/mol. The molecular formula is C8Co2O8-4. The molecule has 0 aliphatic heterocycles. The standard InChI is InChI=1S/8CO.2Co/c8*1-2;;/q8*-1;2*+2. The second-order valence-corrected chi connectivity index (χ2v) is 0. The van der Waals surface area contributed by atoms with Crippen LogP contribution in [-0.2, 0) is 71.9 Å². The molecule has 0 spiro atoms. The Labute approximate surface area is 126 Å². The van der Waals surface area contributed by atoms with Gasteiger partial charge in [-0.2, -0.15) is 0 Å². The van der Waals surface area contributed by atoms with Crippen molar-refractivity contribution in [3.05, 3.63) is 0 Å². The maximum Gasteiger partial charge on any atom is 2.00 e. The van der Waals surface area contributed by atoms with Gasteiger partial charge in [-0.25, -0.2) is 0 Å². The van der Waals surface area contributed by atoms with Crippen LogP contribution in [-0.4, -0.2) is 54.3 Å². The van der Waals surface area contributed by atoms with Gasteiger partial charge in [-0.05, 0) is 0 Å². The molecule has 10 radical (unpaired) electrons. The summed E-state index contributed by atoms with van der Waals surface area (Å²) in [6.45, 7) is 36.0. The van der Waals surface area contributed by atoms with E-state index in [1.54, 1.807) is 0 Å². The Hall–Kier alpha value is -1.63. The minimum atomic E-state index is 0. The topological polar surface area (TPSA) is 137 Å². The number of hydrogen-bond donors (Lipinski definition) is 0. The number of hydrogen-bond acceptors (Lipinski definition) is 8. The van der Waals surface area contributed by atoms with E-state index in [0.29, 0.717) is 0 Å². The summed E-state index contributed by atoms with van der Waals surface area (Å²) in [5, 5.41) is 0. The van der Waals surface area contributed by atoms with Crippen molar-refractivity contribution in [2.75, 3.05) is 0 Å². The van der Waals surface area contributed by atoms with Gasteiger partial charge in [-0.15, -0.1) is 0 Å². The quantitative estimate of drug-likeness (QED) is 0.420. The Morgan fingerprint density at radius 2 is 0.222 bits per heavy atom. The van der Waals surface area contributed by atoms with Crippen molar-refractivity contribution in [1.82, 2.24) is 0 Å². The van der Waals surface area contributed by atoms with E-state index in [4.69, 9.17) is 38.4 Å². The fourth-order valence-electron chi connectivity index (χ4n) is 0. The van der Waals surface area contributed by atoms with E-state index >= 15 is 0 Å². The maximum absolute atomic E-state index is 7.50. The first-order valence-electron chi connectivity index (χ1n) is 1.63. The first-order valence-corrected chi connectivity index (χ1v) is 1.63. The van der Waals surface area contributed by atoms with Gasteiger partial charge >= 0.3 is 33.6 Å². The summed E-state index contributed by atoms with van der Waals surface area (Å²) in [5.74, 6) is 0. The first-order chi connectivity index (χ1) is 8.00. The molecule has 8 nitrogen and oxygen atoms in total. The molecule has 0 aliphatic rings. The largest absolute Gasteiger partial charge is 2.00 e. The van der Waals surface area contributed by atoms with Crippen molar-refractivity contribution in [2.45, 2.75) is 0 Å². The molecule has 0 N–H and O–H groups in total. The van der Waals surface area contributed by atoms with Crippen LogP contribution < -0.4 is 0 Å². The van der Waals surface area contributed by atoms with Crippen molar-refractivity contribution >= 4 is 54.3 Å². The molecule has 0 bridgehead atoms. The van der Waals surface area contributed by atoms with Crippen LogP contribution in [0.2, 0.25) is 0 Å². The molecule has 0 unspecified atom stereocenters. The van der Waals surface area contributed by atoms with Gasteiger partial charge in [0.05, 0.1) is 0 Å². The van der Waals surface area contributed by atoms with Crippen LogP contribution in [0.4, 0.5) is 0 Å². The van der Waals surface area contributed by atoms with Gasteiger partial charge in [-0.3, -0.25) is 0 Å². The Kier molecular flexibility index (Phi) is 6350. The molecule has 0 fully saturated rings. The van der Waals surface area contributed by atoms with Crippen LogP contribution in [0.25, 0.3) is 0 Å². The predicted octanol–water partition coefficient (Wildman–Crippen LogP) is -3.18. The molecule has 0 aromatic heterocycles.